The first kappa shape index (κ1) is 20.8. The van der Waals surface area contributed by atoms with Gasteiger partial charge in [0.25, 0.3) is 0 Å². The summed E-state index contributed by atoms with van der Waals surface area (Å²) in [5.74, 6) is 1.10. The normalized spacial score (nSPS) is 20.4. The van der Waals surface area contributed by atoms with Crippen LogP contribution < -0.4 is 16.8 Å². The number of hydrogen-bond donors (Lipinski definition) is 3. The van der Waals surface area contributed by atoms with Crippen LogP contribution in [-0.2, 0) is 4.79 Å². The Morgan fingerprint density at radius 1 is 1.48 bits per heavy atom. The second-order valence-corrected chi connectivity index (χ2v) is 5.90. The molecule has 0 amide bonds. The Morgan fingerprint density at radius 2 is 2.20 bits per heavy atom. The smallest absolute Gasteiger partial charge is 0.116 e. The van der Waals surface area contributed by atoms with E-state index in [2.05, 4.69) is 29.4 Å². The van der Waals surface area contributed by atoms with E-state index < -0.39 is 0 Å². The Kier molecular flexibility index (Phi) is 9.43. The monoisotopic (exact) mass is 344 g/mol. The average molecular weight is 345 g/mol. The first-order valence-corrected chi connectivity index (χ1v) is 8.59. The molecule has 5 nitrogen and oxygen atoms in total. The molecule has 1 aliphatic rings. The summed E-state index contributed by atoms with van der Waals surface area (Å²) in [7, 11) is 1.92. The van der Waals surface area contributed by atoms with Gasteiger partial charge in [-0.15, -0.1) is 0 Å². The summed E-state index contributed by atoms with van der Waals surface area (Å²) >= 11 is 0. The van der Waals surface area contributed by atoms with Crippen LogP contribution in [0.5, 0.6) is 0 Å². The van der Waals surface area contributed by atoms with Gasteiger partial charge < -0.3 is 21.6 Å². The SMILES string of the molecule is CC=O.CN/C=C(C)/C(=C(\C=C/CN)c1cccnc1)C1CC1CN.[HH]. The number of aldehydes is 1. The fourth-order valence-electron chi connectivity index (χ4n) is 2.91. The van der Waals surface area contributed by atoms with Crippen LogP contribution in [0.2, 0.25) is 0 Å². The van der Waals surface area contributed by atoms with E-state index in [4.69, 9.17) is 16.3 Å². The molecule has 0 aromatic carbocycles. The zero-order valence-electron chi connectivity index (χ0n) is 15.4. The van der Waals surface area contributed by atoms with Crippen molar-refractivity contribution in [3.05, 3.63) is 59.6 Å². The van der Waals surface area contributed by atoms with Gasteiger partial charge in [0, 0.05) is 33.0 Å². The molecule has 1 aliphatic carbocycles. The largest absolute Gasteiger partial charge is 0.394 e. The van der Waals surface area contributed by atoms with Gasteiger partial charge in [0.2, 0.25) is 0 Å². The third-order valence-electron chi connectivity index (χ3n) is 4.07. The molecule has 0 radical (unpaired) electrons. The van der Waals surface area contributed by atoms with Gasteiger partial charge in [-0.05, 0) is 67.6 Å². The molecule has 5 N–H and O–H groups in total. The van der Waals surface area contributed by atoms with Crippen molar-refractivity contribution in [2.24, 2.45) is 23.3 Å². The average Bonchev–Trinajstić information content (AvgIpc) is 3.39. The van der Waals surface area contributed by atoms with E-state index >= 15 is 0 Å². The van der Waals surface area contributed by atoms with Crippen LogP contribution in [0.25, 0.3) is 5.57 Å². The first-order chi connectivity index (χ1) is 12.1. The summed E-state index contributed by atoms with van der Waals surface area (Å²) in [4.78, 5) is 13.1. The Balaban J connectivity index is 0.00000146. The quantitative estimate of drug-likeness (QED) is 0.522. The summed E-state index contributed by atoms with van der Waals surface area (Å²) in [6.07, 6.45) is 11.8. The maximum atomic E-state index is 8.81. The highest BCUT2D eigenvalue weighted by atomic mass is 16.1. The molecule has 0 aliphatic heterocycles. The number of aromatic nitrogens is 1. The molecular formula is C20H32N4O. The fraction of sp³-hybridized carbons (Fsp3) is 0.400. The molecule has 0 bridgehead atoms. The number of nitrogens with one attached hydrogen (secondary N) is 1. The van der Waals surface area contributed by atoms with E-state index in [0.717, 1.165) is 24.8 Å². The maximum Gasteiger partial charge on any atom is 0.116 e. The van der Waals surface area contributed by atoms with Gasteiger partial charge in [-0.25, -0.2) is 0 Å². The topological polar surface area (TPSA) is 94.0 Å². The van der Waals surface area contributed by atoms with Crippen molar-refractivity contribution in [2.75, 3.05) is 20.1 Å². The maximum absolute atomic E-state index is 8.81. The highest BCUT2D eigenvalue weighted by Crippen LogP contribution is 2.48. The van der Waals surface area contributed by atoms with Gasteiger partial charge in [-0.1, -0.05) is 18.2 Å². The fourth-order valence-corrected chi connectivity index (χ4v) is 2.91. The van der Waals surface area contributed by atoms with Crippen molar-refractivity contribution in [3.63, 3.8) is 0 Å². The van der Waals surface area contributed by atoms with Gasteiger partial charge in [-0.3, -0.25) is 4.98 Å². The van der Waals surface area contributed by atoms with Crippen molar-refractivity contribution in [3.8, 4) is 0 Å². The summed E-state index contributed by atoms with van der Waals surface area (Å²) < 4.78 is 0. The predicted molar refractivity (Wildman–Crippen MR) is 107 cm³/mol. The molecule has 5 heteroatoms. The molecule has 1 heterocycles. The molecular weight excluding hydrogens is 312 g/mol. The molecule has 25 heavy (non-hydrogen) atoms. The van der Waals surface area contributed by atoms with Crippen molar-refractivity contribution in [2.45, 2.75) is 20.3 Å². The number of carbonyl (C=O) groups is 1. The molecule has 1 aromatic heterocycles. The Bertz CT molecular complexity index is 626. The van der Waals surface area contributed by atoms with E-state index in [1.165, 1.54) is 23.6 Å². The Labute approximate surface area is 152 Å². The number of hydrogen-bond acceptors (Lipinski definition) is 5. The number of pyridine rings is 1. The van der Waals surface area contributed by atoms with Crippen LogP contribution in [0.15, 0.2) is 54.0 Å². The molecule has 2 rings (SSSR count). The van der Waals surface area contributed by atoms with E-state index in [9.17, 15) is 0 Å². The molecule has 0 saturated heterocycles. The second-order valence-electron chi connectivity index (χ2n) is 5.90. The van der Waals surface area contributed by atoms with Crippen LogP contribution in [0.4, 0.5) is 0 Å². The highest BCUT2D eigenvalue weighted by molar-refractivity contribution is 5.80. The summed E-state index contributed by atoms with van der Waals surface area (Å²) in [6, 6.07) is 4.06. The number of nitrogens with zero attached hydrogens (tertiary/aromatic N) is 1. The molecule has 1 aromatic rings. The summed E-state index contributed by atoms with van der Waals surface area (Å²) in [6.45, 7) is 4.85. The molecule has 2 atom stereocenters. The number of carbonyl (C=O) groups excluding carboxylic acids is 1. The minimum Gasteiger partial charge on any atom is -0.394 e. The van der Waals surface area contributed by atoms with Gasteiger partial charge in [0.1, 0.15) is 6.29 Å². The molecule has 0 spiro atoms. The van der Waals surface area contributed by atoms with E-state index in [-0.39, 0.29) is 1.43 Å². The summed E-state index contributed by atoms with van der Waals surface area (Å²) in [5.41, 5.74) is 16.4. The van der Waals surface area contributed by atoms with Crippen LogP contribution in [0.3, 0.4) is 0 Å². The lowest BCUT2D eigenvalue weighted by molar-refractivity contribution is -0.106. The van der Waals surface area contributed by atoms with Crippen LogP contribution >= 0.6 is 0 Å². The third-order valence-corrected chi connectivity index (χ3v) is 4.07. The number of allylic oxidation sites excluding steroid dienone is 4. The Hall–Kier alpha value is -2.24. The van der Waals surface area contributed by atoms with E-state index in [0.29, 0.717) is 18.4 Å². The Morgan fingerprint density at radius 3 is 2.68 bits per heavy atom. The first-order valence-electron chi connectivity index (χ1n) is 8.59. The van der Waals surface area contributed by atoms with Crippen molar-refractivity contribution in [1.29, 1.82) is 0 Å². The van der Waals surface area contributed by atoms with Gasteiger partial charge in [0.05, 0.1) is 0 Å². The van der Waals surface area contributed by atoms with Gasteiger partial charge in [0.15, 0.2) is 0 Å². The predicted octanol–water partition coefficient (Wildman–Crippen LogP) is 2.52. The number of rotatable bonds is 7. The van der Waals surface area contributed by atoms with E-state index in [1.807, 2.05) is 31.6 Å². The second kappa shape index (κ2) is 11.3. The van der Waals surface area contributed by atoms with Crippen molar-refractivity contribution in [1.82, 2.24) is 10.3 Å². The lowest BCUT2D eigenvalue weighted by Gasteiger charge is -2.15. The van der Waals surface area contributed by atoms with Crippen molar-refractivity contribution < 1.29 is 6.22 Å². The summed E-state index contributed by atoms with van der Waals surface area (Å²) in [5, 5.41) is 3.13. The number of nitrogens with two attached hydrogens (primary N) is 2. The highest BCUT2D eigenvalue weighted by Gasteiger charge is 2.40. The minimum absolute atomic E-state index is 0. The lowest BCUT2D eigenvalue weighted by atomic mass is 9.91. The molecule has 1 fully saturated rings. The van der Waals surface area contributed by atoms with Crippen LogP contribution in [0, 0.1) is 11.8 Å². The van der Waals surface area contributed by atoms with Gasteiger partial charge in [-0.2, -0.15) is 0 Å². The zero-order valence-corrected chi connectivity index (χ0v) is 15.4. The van der Waals surface area contributed by atoms with Crippen molar-refractivity contribution >= 4 is 11.9 Å². The van der Waals surface area contributed by atoms with Crippen LogP contribution in [0.1, 0.15) is 27.3 Å². The van der Waals surface area contributed by atoms with Gasteiger partial charge >= 0.3 is 0 Å². The zero-order chi connectivity index (χ0) is 18.7. The lowest BCUT2D eigenvalue weighted by Crippen LogP contribution is -2.07. The third kappa shape index (κ3) is 6.29. The molecule has 2 unspecified atom stereocenters. The molecule has 1 saturated carbocycles. The minimum atomic E-state index is 0. The van der Waals surface area contributed by atoms with E-state index in [1.54, 1.807) is 6.20 Å². The standard InChI is InChI=1S/C18H26N4.C2H4O.H2/c1-13(11-21-2)18(17-9-15(17)10-20)16(6-3-7-19)14-5-4-8-22-12-14;1-2-3;/h3-6,8,11-12,15,17,21H,7,9-10,19-20H2,1-2H3;2H,1H3;1H/b6-3-,13-11+,18-16-;;. The molecule has 138 valence electrons. The van der Waals surface area contributed by atoms with Crippen LogP contribution in [-0.4, -0.2) is 31.4 Å².